The Morgan fingerprint density at radius 3 is 2.60 bits per heavy atom. The van der Waals surface area contributed by atoms with Gasteiger partial charge in [0, 0.05) is 18.1 Å². The highest BCUT2D eigenvalue weighted by atomic mass is 127. The quantitative estimate of drug-likeness (QED) is 0.356. The zero-order valence-electron chi connectivity index (χ0n) is 13.8. The van der Waals surface area contributed by atoms with Crippen LogP contribution in [0, 0.1) is 0 Å². The van der Waals surface area contributed by atoms with Crippen molar-refractivity contribution < 1.29 is 4.74 Å². The minimum atomic E-state index is 0. The first-order valence-electron chi connectivity index (χ1n) is 7.55. The molecule has 3 aromatic rings. The minimum absolute atomic E-state index is 0. The van der Waals surface area contributed by atoms with Crippen molar-refractivity contribution >= 4 is 35.6 Å². The molecule has 7 heteroatoms. The monoisotopic (exact) mass is 449 g/mol. The number of aromatic nitrogens is 2. The van der Waals surface area contributed by atoms with Crippen molar-refractivity contribution in [2.24, 2.45) is 10.7 Å². The molecule has 0 saturated heterocycles. The van der Waals surface area contributed by atoms with Crippen LogP contribution in [0.3, 0.4) is 0 Å². The van der Waals surface area contributed by atoms with E-state index in [1.54, 1.807) is 13.3 Å². The van der Waals surface area contributed by atoms with Crippen LogP contribution in [0.25, 0.3) is 5.69 Å². The molecule has 3 N–H and O–H groups in total. The van der Waals surface area contributed by atoms with Crippen molar-refractivity contribution in [1.29, 1.82) is 0 Å². The van der Waals surface area contributed by atoms with Gasteiger partial charge in [-0.15, -0.1) is 24.0 Å². The largest absolute Gasteiger partial charge is 0.497 e. The minimum Gasteiger partial charge on any atom is -0.497 e. The first-order valence-corrected chi connectivity index (χ1v) is 7.55. The van der Waals surface area contributed by atoms with Crippen LogP contribution in [0.5, 0.6) is 5.75 Å². The van der Waals surface area contributed by atoms with Gasteiger partial charge in [0.2, 0.25) is 0 Å². The van der Waals surface area contributed by atoms with Gasteiger partial charge in [-0.1, -0.05) is 18.2 Å². The summed E-state index contributed by atoms with van der Waals surface area (Å²) in [5.74, 6) is 1.15. The zero-order valence-corrected chi connectivity index (χ0v) is 16.1. The average Bonchev–Trinajstić information content (AvgIpc) is 3.15. The summed E-state index contributed by atoms with van der Waals surface area (Å²) >= 11 is 0. The third kappa shape index (κ3) is 4.96. The number of nitrogens with zero attached hydrogens (tertiary/aromatic N) is 3. The van der Waals surface area contributed by atoms with Crippen LogP contribution >= 0.6 is 24.0 Å². The molecule has 0 bridgehead atoms. The normalized spacial score (nSPS) is 10.8. The molecule has 0 aliphatic heterocycles. The van der Waals surface area contributed by atoms with Gasteiger partial charge in [0.05, 0.1) is 19.3 Å². The van der Waals surface area contributed by atoms with Crippen molar-refractivity contribution in [3.8, 4) is 11.4 Å². The second kappa shape index (κ2) is 9.07. The fourth-order valence-electron chi connectivity index (χ4n) is 2.31. The number of benzene rings is 2. The molecule has 130 valence electrons. The maximum atomic E-state index is 5.98. The summed E-state index contributed by atoms with van der Waals surface area (Å²) in [6.45, 7) is 0.463. The lowest BCUT2D eigenvalue weighted by molar-refractivity contribution is 0.415. The summed E-state index contributed by atoms with van der Waals surface area (Å²) < 4.78 is 6.95. The number of ether oxygens (including phenoxy) is 1. The molecular formula is C18H20IN5O. The molecule has 0 atom stereocenters. The first kappa shape index (κ1) is 18.8. The van der Waals surface area contributed by atoms with Gasteiger partial charge in [-0.3, -0.25) is 0 Å². The highest BCUT2D eigenvalue weighted by Crippen LogP contribution is 2.16. The number of hydrogen-bond donors (Lipinski definition) is 2. The number of methoxy groups -OCH3 is 1. The molecule has 0 saturated carbocycles. The number of hydrogen-bond acceptors (Lipinski definition) is 3. The fourth-order valence-corrected chi connectivity index (χ4v) is 2.31. The van der Waals surface area contributed by atoms with Crippen molar-refractivity contribution in [1.82, 2.24) is 9.78 Å². The molecule has 0 fully saturated rings. The highest BCUT2D eigenvalue weighted by molar-refractivity contribution is 14.0. The SMILES string of the molecule is COc1ccc(NC(N)=NCc2ccccc2-n2cccn2)cc1.I. The molecule has 1 heterocycles. The molecular weight excluding hydrogens is 429 g/mol. The number of guanidine groups is 1. The number of halogens is 1. The van der Waals surface area contributed by atoms with Gasteiger partial charge in [0.25, 0.3) is 0 Å². The van der Waals surface area contributed by atoms with Gasteiger partial charge in [-0.05, 0) is 42.0 Å². The van der Waals surface area contributed by atoms with E-state index in [9.17, 15) is 0 Å². The lowest BCUT2D eigenvalue weighted by atomic mass is 10.2. The Morgan fingerprint density at radius 2 is 1.92 bits per heavy atom. The van der Waals surface area contributed by atoms with Gasteiger partial charge in [-0.2, -0.15) is 5.10 Å². The molecule has 0 spiro atoms. The molecule has 0 unspecified atom stereocenters. The first-order chi connectivity index (χ1) is 11.8. The summed E-state index contributed by atoms with van der Waals surface area (Å²) in [5.41, 5.74) is 8.87. The van der Waals surface area contributed by atoms with Crippen molar-refractivity contribution in [2.75, 3.05) is 12.4 Å². The molecule has 3 rings (SSSR count). The van der Waals surface area contributed by atoms with E-state index in [0.717, 1.165) is 22.7 Å². The van der Waals surface area contributed by atoms with Gasteiger partial charge in [0.15, 0.2) is 5.96 Å². The summed E-state index contributed by atoms with van der Waals surface area (Å²) in [6, 6.07) is 17.4. The lowest BCUT2D eigenvalue weighted by Gasteiger charge is -2.09. The Labute approximate surface area is 163 Å². The maximum absolute atomic E-state index is 5.98. The summed E-state index contributed by atoms with van der Waals surface area (Å²) in [5, 5.41) is 7.34. The van der Waals surface area contributed by atoms with E-state index in [1.165, 1.54) is 0 Å². The third-order valence-electron chi connectivity index (χ3n) is 3.53. The van der Waals surface area contributed by atoms with Crippen LogP contribution in [0.4, 0.5) is 5.69 Å². The van der Waals surface area contributed by atoms with E-state index >= 15 is 0 Å². The van der Waals surface area contributed by atoms with E-state index in [2.05, 4.69) is 15.4 Å². The van der Waals surface area contributed by atoms with Crippen LogP contribution in [0.1, 0.15) is 5.56 Å². The van der Waals surface area contributed by atoms with Crippen LogP contribution in [-0.2, 0) is 6.54 Å². The summed E-state index contributed by atoms with van der Waals surface area (Å²) in [7, 11) is 1.63. The third-order valence-corrected chi connectivity index (χ3v) is 3.53. The average molecular weight is 449 g/mol. The maximum Gasteiger partial charge on any atom is 0.193 e. The lowest BCUT2D eigenvalue weighted by Crippen LogP contribution is -2.22. The predicted octanol–water partition coefficient (Wildman–Crippen LogP) is 3.43. The Hall–Kier alpha value is -2.55. The predicted molar refractivity (Wildman–Crippen MR) is 111 cm³/mol. The fraction of sp³-hybridized carbons (Fsp3) is 0.111. The van der Waals surface area contributed by atoms with Crippen LogP contribution in [0.15, 0.2) is 72.0 Å². The Kier molecular flexibility index (Phi) is 6.81. The number of nitrogens with two attached hydrogens (primary N) is 1. The molecule has 6 nitrogen and oxygen atoms in total. The van der Waals surface area contributed by atoms with E-state index < -0.39 is 0 Å². The van der Waals surface area contributed by atoms with Crippen LogP contribution in [0.2, 0.25) is 0 Å². The molecule has 0 aliphatic carbocycles. The van der Waals surface area contributed by atoms with Gasteiger partial charge in [-0.25, -0.2) is 9.67 Å². The Bertz CT molecular complexity index is 816. The van der Waals surface area contributed by atoms with E-state index in [4.69, 9.17) is 10.5 Å². The number of aliphatic imine (C=N–C) groups is 1. The summed E-state index contributed by atoms with van der Waals surface area (Å²) in [4.78, 5) is 4.41. The van der Waals surface area contributed by atoms with Gasteiger partial charge < -0.3 is 15.8 Å². The molecule has 25 heavy (non-hydrogen) atoms. The number of para-hydroxylation sites is 1. The van der Waals surface area contributed by atoms with Gasteiger partial charge >= 0.3 is 0 Å². The molecule has 1 aromatic heterocycles. The number of nitrogens with one attached hydrogen (secondary N) is 1. The Morgan fingerprint density at radius 1 is 1.16 bits per heavy atom. The van der Waals surface area contributed by atoms with Crippen molar-refractivity contribution in [2.45, 2.75) is 6.54 Å². The standard InChI is InChI=1S/C18H19N5O.HI/c1-24-16-9-7-15(8-10-16)22-18(19)20-13-14-5-2-3-6-17(14)23-12-4-11-21-23;/h2-12H,13H2,1H3,(H3,19,20,22);1H. The molecule has 0 amide bonds. The van der Waals surface area contributed by atoms with Crippen molar-refractivity contribution in [3.05, 3.63) is 72.6 Å². The van der Waals surface area contributed by atoms with Gasteiger partial charge in [0.1, 0.15) is 5.75 Å². The molecule has 0 aliphatic rings. The van der Waals surface area contributed by atoms with Crippen molar-refractivity contribution in [3.63, 3.8) is 0 Å². The highest BCUT2D eigenvalue weighted by Gasteiger charge is 2.04. The van der Waals surface area contributed by atoms with E-state index in [0.29, 0.717) is 12.5 Å². The van der Waals surface area contributed by atoms with E-state index in [-0.39, 0.29) is 24.0 Å². The Balaban J connectivity index is 0.00000225. The number of anilines is 1. The van der Waals surface area contributed by atoms with Crippen LogP contribution < -0.4 is 15.8 Å². The summed E-state index contributed by atoms with van der Waals surface area (Å²) in [6.07, 6.45) is 3.65. The molecule has 0 radical (unpaired) electrons. The second-order valence-corrected chi connectivity index (χ2v) is 5.13. The number of rotatable bonds is 5. The van der Waals surface area contributed by atoms with Crippen LogP contribution in [-0.4, -0.2) is 22.8 Å². The topological polar surface area (TPSA) is 77.5 Å². The second-order valence-electron chi connectivity index (χ2n) is 5.13. The smallest absolute Gasteiger partial charge is 0.193 e. The molecule has 2 aromatic carbocycles. The zero-order chi connectivity index (χ0) is 16.8. The van der Waals surface area contributed by atoms with E-state index in [1.807, 2.05) is 65.5 Å².